The van der Waals surface area contributed by atoms with Gasteiger partial charge in [-0.2, -0.15) is 0 Å². The Balaban J connectivity index is 2.21. The fourth-order valence-electron chi connectivity index (χ4n) is 2.65. The van der Waals surface area contributed by atoms with E-state index < -0.39 is 0 Å². The molecule has 0 heterocycles. The van der Waals surface area contributed by atoms with Crippen molar-refractivity contribution in [3.8, 4) is 0 Å². The van der Waals surface area contributed by atoms with Gasteiger partial charge < -0.3 is 0 Å². The van der Waals surface area contributed by atoms with E-state index in [9.17, 15) is 0 Å². The van der Waals surface area contributed by atoms with Crippen molar-refractivity contribution in [2.24, 2.45) is 0 Å². The van der Waals surface area contributed by atoms with Crippen LogP contribution in [0.25, 0.3) is 0 Å². The second-order valence-electron chi connectivity index (χ2n) is 5.73. The molecule has 0 radical (unpaired) electrons. The van der Waals surface area contributed by atoms with Crippen molar-refractivity contribution in [3.63, 3.8) is 0 Å². The molecule has 0 aliphatic heterocycles. The molecule has 154 valence electrons. The van der Waals surface area contributed by atoms with E-state index in [0.717, 1.165) is 0 Å². The Bertz CT molecular complexity index is 624. The normalized spacial score (nSPS) is 11.5. The summed E-state index contributed by atoms with van der Waals surface area (Å²) < 4.78 is 26.3. The SMILES string of the molecule is CCOC(OCC)c1ccccc1[Te][Te]c1ccccc1C(OCC)OCC. The minimum absolute atomic E-state index is 0.265. The quantitative estimate of drug-likeness (QED) is 0.257. The summed E-state index contributed by atoms with van der Waals surface area (Å²) in [7, 11) is 0. The summed E-state index contributed by atoms with van der Waals surface area (Å²) in [6.07, 6.45) is -0.530. The van der Waals surface area contributed by atoms with Gasteiger partial charge in [-0.25, -0.2) is 0 Å². The molecule has 4 nitrogen and oxygen atoms in total. The van der Waals surface area contributed by atoms with Crippen LogP contribution in [-0.4, -0.2) is 60.5 Å². The van der Waals surface area contributed by atoms with Crippen LogP contribution in [0.15, 0.2) is 48.5 Å². The first kappa shape index (κ1) is 24.1. The van der Waals surface area contributed by atoms with Crippen molar-refractivity contribution in [1.82, 2.24) is 0 Å². The van der Waals surface area contributed by atoms with Gasteiger partial charge in [0.25, 0.3) is 0 Å². The molecule has 6 heteroatoms. The van der Waals surface area contributed by atoms with E-state index >= 15 is 0 Å². The van der Waals surface area contributed by atoms with Gasteiger partial charge in [0.05, 0.1) is 0 Å². The number of hydrogen-bond donors (Lipinski definition) is 0. The fourth-order valence-corrected chi connectivity index (χ4v) is 14.7. The van der Waals surface area contributed by atoms with Crippen LogP contribution in [0, 0.1) is 0 Å². The van der Waals surface area contributed by atoms with Crippen molar-refractivity contribution >= 4 is 41.3 Å². The van der Waals surface area contributed by atoms with Gasteiger partial charge in [-0.3, -0.25) is 0 Å². The molecule has 0 aromatic heterocycles. The molecule has 2 rings (SSSR count). The van der Waals surface area contributed by atoms with Gasteiger partial charge in [-0.05, 0) is 0 Å². The average Bonchev–Trinajstić information content (AvgIpc) is 2.72. The molecule has 0 unspecified atom stereocenters. The Morgan fingerprint density at radius 3 is 1.21 bits per heavy atom. The molecule has 2 aromatic carbocycles. The topological polar surface area (TPSA) is 36.9 Å². The van der Waals surface area contributed by atoms with Crippen molar-refractivity contribution < 1.29 is 18.9 Å². The molecule has 0 saturated carbocycles. The second kappa shape index (κ2) is 14.0. The first-order valence-corrected chi connectivity index (χ1v) is 19.4. The van der Waals surface area contributed by atoms with E-state index in [0.29, 0.717) is 26.4 Å². The molecule has 0 aliphatic rings. The van der Waals surface area contributed by atoms with Crippen molar-refractivity contribution in [2.45, 2.75) is 40.3 Å². The van der Waals surface area contributed by atoms with Crippen molar-refractivity contribution in [2.75, 3.05) is 26.4 Å². The molecular formula is C22H30O4Te2. The molecule has 28 heavy (non-hydrogen) atoms. The van der Waals surface area contributed by atoms with E-state index in [-0.39, 0.29) is 46.7 Å². The van der Waals surface area contributed by atoms with Crippen LogP contribution in [-0.2, 0) is 18.9 Å². The molecule has 2 aromatic rings. The summed E-state index contributed by atoms with van der Waals surface area (Å²) in [6.45, 7) is 10.6. The zero-order valence-corrected chi connectivity index (χ0v) is 21.7. The summed E-state index contributed by atoms with van der Waals surface area (Å²) in [5.74, 6) is 0. The Morgan fingerprint density at radius 1 is 0.571 bits per heavy atom. The Morgan fingerprint density at radius 2 is 0.893 bits per heavy atom. The van der Waals surface area contributed by atoms with Gasteiger partial charge >= 0.3 is 187 Å². The Hall–Kier alpha value is -0.141. The predicted molar refractivity (Wildman–Crippen MR) is 116 cm³/mol. The number of rotatable bonds is 13. The molecule has 0 amide bonds. The van der Waals surface area contributed by atoms with Crippen LogP contribution >= 0.6 is 0 Å². The Kier molecular flexibility index (Phi) is 12.0. The van der Waals surface area contributed by atoms with E-state index in [2.05, 4.69) is 48.5 Å². The van der Waals surface area contributed by atoms with Gasteiger partial charge in [0.15, 0.2) is 0 Å². The maximum atomic E-state index is 5.86. The van der Waals surface area contributed by atoms with E-state index in [1.54, 1.807) is 0 Å². The monoisotopic (exact) mass is 618 g/mol. The molecule has 0 bridgehead atoms. The Labute approximate surface area is 185 Å². The summed E-state index contributed by atoms with van der Waals surface area (Å²) in [4.78, 5) is 0. The zero-order valence-electron chi connectivity index (χ0n) is 17.1. The standard InChI is InChI=1S/C22H30O4Te2/c1-5-23-21(24-6-2)17-13-9-11-15-19(17)27-28-20-16-12-10-14-18(20)22(25-7-3)26-8-4/h9-16,21-22H,5-8H2,1-4H3. The zero-order chi connectivity index (χ0) is 20.2. The van der Waals surface area contributed by atoms with Gasteiger partial charge in [-0.1, -0.05) is 0 Å². The second-order valence-corrected chi connectivity index (χ2v) is 15.6. The summed E-state index contributed by atoms with van der Waals surface area (Å²) in [5, 5.41) is 0. The maximum absolute atomic E-state index is 5.86. The van der Waals surface area contributed by atoms with Crippen LogP contribution in [0.2, 0.25) is 0 Å². The van der Waals surface area contributed by atoms with Crippen LogP contribution in [0.1, 0.15) is 51.4 Å². The first-order valence-electron chi connectivity index (χ1n) is 9.73. The van der Waals surface area contributed by atoms with Gasteiger partial charge in [0, 0.05) is 0 Å². The number of benzene rings is 2. The minimum atomic E-state index is -0.344. The van der Waals surface area contributed by atoms with Gasteiger partial charge in [0.2, 0.25) is 0 Å². The molecule has 0 N–H and O–H groups in total. The van der Waals surface area contributed by atoms with Crippen molar-refractivity contribution in [3.05, 3.63) is 59.7 Å². The molecule has 0 atom stereocenters. The molecule has 0 saturated heterocycles. The molecule has 0 fully saturated rings. The fraction of sp³-hybridized carbons (Fsp3) is 0.455. The summed E-state index contributed by atoms with van der Waals surface area (Å²) in [6, 6.07) is 17.2. The first-order chi connectivity index (χ1) is 13.7. The van der Waals surface area contributed by atoms with E-state index in [4.69, 9.17) is 18.9 Å². The van der Waals surface area contributed by atoms with Crippen LogP contribution < -0.4 is 7.22 Å². The van der Waals surface area contributed by atoms with E-state index in [1.807, 2.05) is 27.7 Å². The third kappa shape index (κ3) is 7.28. The number of hydrogen-bond acceptors (Lipinski definition) is 4. The summed E-state index contributed by atoms with van der Waals surface area (Å²) in [5.41, 5.74) is 2.39. The van der Waals surface area contributed by atoms with Crippen LogP contribution in [0.3, 0.4) is 0 Å². The average molecular weight is 614 g/mol. The predicted octanol–water partition coefficient (Wildman–Crippen LogP) is 3.10. The third-order valence-electron chi connectivity index (χ3n) is 3.84. The van der Waals surface area contributed by atoms with Crippen molar-refractivity contribution in [1.29, 1.82) is 0 Å². The van der Waals surface area contributed by atoms with Crippen LogP contribution in [0.4, 0.5) is 0 Å². The summed E-state index contributed by atoms with van der Waals surface area (Å²) >= 11 is -0.688. The van der Waals surface area contributed by atoms with E-state index in [1.165, 1.54) is 18.3 Å². The molecule has 0 aliphatic carbocycles. The third-order valence-corrected chi connectivity index (χ3v) is 15.7. The molecule has 0 spiro atoms. The van der Waals surface area contributed by atoms with Gasteiger partial charge in [0.1, 0.15) is 0 Å². The van der Waals surface area contributed by atoms with Gasteiger partial charge in [-0.15, -0.1) is 0 Å². The molecular weight excluding hydrogens is 583 g/mol. The van der Waals surface area contributed by atoms with Crippen LogP contribution in [0.5, 0.6) is 0 Å². The number of ether oxygens (including phenoxy) is 4.